The van der Waals surface area contributed by atoms with Crippen LogP contribution in [0.5, 0.6) is 0 Å². The van der Waals surface area contributed by atoms with Crippen LogP contribution in [0.3, 0.4) is 0 Å². The number of ether oxygens (including phenoxy) is 2. The monoisotopic (exact) mass is 580 g/mol. The lowest BCUT2D eigenvalue weighted by Gasteiger charge is -2.37. The minimum Gasteiger partial charge on any atom is -0.379 e. The highest BCUT2D eigenvalue weighted by atomic mass is 19.4. The standard InChI is InChI=1S/C25H39F11O2/c26-21(27,22(28,29)23(30,31)24(32,33)25(34,35)36)16-12-9-7-5-3-1-2-4-6-8-10-13-17-37-19-20-15-11-14-18-38-20/h20H,1-19H2. The Balaban J connectivity index is 2.07. The molecule has 1 unspecified atom stereocenters. The molecule has 1 fully saturated rings. The van der Waals surface area contributed by atoms with Crippen LogP contribution < -0.4 is 0 Å². The maximum atomic E-state index is 13.6. The fourth-order valence-electron chi connectivity index (χ4n) is 4.23. The zero-order valence-corrected chi connectivity index (χ0v) is 21.5. The molecule has 0 bridgehead atoms. The summed E-state index contributed by atoms with van der Waals surface area (Å²) in [6, 6.07) is 0. The van der Waals surface area contributed by atoms with Crippen LogP contribution in [-0.2, 0) is 9.47 Å². The molecule has 1 aliphatic rings. The quantitative estimate of drug-likeness (QED) is 0.105. The molecule has 0 spiro atoms. The molecule has 0 aromatic heterocycles. The van der Waals surface area contributed by atoms with Crippen molar-refractivity contribution in [2.75, 3.05) is 19.8 Å². The average Bonchev–Trinajstić information content (AvgIpc) is 2.83. The van der Waals surface area contributed by atoms with Crippen molar-refractivity contribution in [1.82, 2.24) is 0 Å². The van der Waals surface area contributed by atoms with Gasteiger partial charge in [-0.15, -0.1) is 0 Å². The van der Waals surface area contributed by atoms with Gasteiger partial charge in [0.2, 0.25) is 0 Å². The predicted molar refractivity (Wildman–Crippen MR) is 120 cm³/mol. The molecule has 2 nitrogen and oxygen atoms in total. The number of alkyl halides is 11. The van der Waals surface area contributed by atoms with E-state index in [4.69, 9.17) is 9.47 Å². The minimum absolute atomic E-state index is 0.0676. The third-order valence-corrected chi connectivity index (χ3v) is 6.71. The maximum Gasteiger partial charge on any atom is 0.460 e. The molecule has 1 saturated heterocycles. The molecule has 0 aromatic carbocycles. The normalized spacial score (nSPS) is 18.2. The second-order valence-corrected chi connectivity index (χ2v) is 9.98. The molecule has 13 heteroatoms. The van der Waals surface area contributed by atoms with Crippen molar-refractivity contribution >= 4 is 0 Å². The van der Waals surface area contributed by atoms with E-state index in [9.17, 15) is 48.3 Å². The third-order valence-electron chi connectivity index (χ3n) is 6.71. The molecule has 1 heterocycles. The first-order valence-electron chi connectivity index (χ1n) is 13.4. The highest BCUT2D eigenvalue weighted by Crippen LogP contribution is 2.58. The Bertz CT molecular complexity index is 633. The van der Waals surface area contributed by atoms with Crippen LogP contribution in [0.25, 0.3) is 0 Å². The van der Waals surface area contributed by atoms with E-state index in [1.807, 2.05) is 0 Å². The summed E-state index contributed by atoms with van der Waals surface area (Å²) in [7, 11) is 0. The largest absolute Gasteiger partial charge is 0.460 e. The highest BCUT2D eigenvalue weighted by molar-refractivity contribution is 5.06. The number of unbranched alkanes of at least 4 members (excludes halogenated alkanes) is 11. The summed E-state index contributed by atoms with van der Waals surface area (Å²) in [5, 5.41) is 0. The Morgan fingerprint density at radius 2 is 1.03 bits per heavy atom. The Morgan fingerprint density at radius 3 is 1.47 bits per heavy atom. The van der Waals surface area contributed by atoms with Crippen LogP contribution in [-0.4, -0.2) is 55.8 Å². The van der Waals surface area contributed by atoms with Gasteiger partial charge in [0.25, 0.3) is 0 Å². The fourth-order valence-corrected chi connectivity index (χ4v) is 4.23. The van der Waals surface area contributed by atoms with Gasteiger partial charge in [0.15, 0.2) is 0 Å². The van der Waals surface area contributed by atoms with Crippen LogP contribution in [0, 0.1) is 0 Å². The molecule has 0 aromatic rings. The Labute approximate surface area is 217 Å². The lowest BCUT2D eigenvalue weighted by molar-refractivity contribution is -0.422. The summed E-state index contributed by atoms with van der Waals surface area (Å²) >= 11 is 0. The smallest absolute Gasteiger partial charge is 0.379 e. The first-order valence-corrected chi connectivity index (χ1v) is 13.4. The van der Waals surface area contributed by atoms with Gasteiger partial charge in [-0.3, -0.25) is 0 Å². The number of rotatable bonds is 20. The van der Waals surface area contributed by atoms with Crippen molar-refractivity contribution in [3.05, 3.63) is 0 Å². The first-order chi connectivity index (χ1) is 17.6. The third kappa shape index (κ3) is 10.3. The van der Waals surface area contributed by atoms with E-state index >= 15 is 0 Å². The molecule has 38 heavy (non-hydrogen) atoms. The Hall–Kier alpha value is -0.850. The van der Waals surface area contributed by atoms with E-state index in [1.165, 1.54) is 6.42 Å². The van der Waals surface area contributed by atoms with E-state index in [2.05, 4.69) is 0 Å². The van der Waals surface area contributed by atoms with Crippen LogP contribution in [0.2, 0.25) is 0 Å². The van der Waals surface area contributed by atoms with E-state index < -0.39 is 42.7 Å². The predicted octanol–water partition coefficient (Wildman–Crippen LogP) is 9.75. The van der Waals surface area contributed by atoms with Gasteiger partial charge in [0.05, 0.1) is 12.7 Å². The zero-order valence-electron chi connectivity index (χ0n) is 21.5. The van der Waals surface area contributed by atoms with Gasteiger partial charge in [0.1, 0.15) is 0 Å². The van der Waals surface area contributed by atoms with Gasteiger partial charge in [-0.2, -0.15) is 48.3 Å². The molecule has 0 aliphatic carbocycles. The van der Waals surface area contributed by atoms with Crippen LogP contribution in [0.15, 0.2) is 0 Å². The lowest BCUT2D eigenvalue weighted by Crippen LogP contribution is -2.66. The lowest BCUT2D eigenvalue weighted by atomic mass is 9.94. The van der Waals surface area contributed by atoms with Crippen molar-refractivity contribution in [1.29, 1.82) is 0 Å². The molecule has 1 rings (SSSR count). The van der Waals surface area contributed by atoms with Gasteiger partial charge in [-0.1, -0.05) is 64.2 Å². The van der Waals surface area contributed by atoms with E-state index in [0.717, 1.165) is 70.8 Å². The van der Waals surface area contributed by atoms with Crippen molar-refractivity contribution in [2.45, 2.75) is 139 Å². The molecule has 0 amide bonds. The van der Waals surface area contributed by atoms with Crippen LogP contribution in [0.4, 0.5) is 48.3 Å². The molecule has 1 aliphatic heterocycles. The molecular formula is C25H39F11O2. The average molecular weight is 581 g/mol. The molecular weight excluding hydrogens is 541 g/mol. The highest BCUT2D eigenvalue weighted by Gasteiger charge is 2.86. The van der Waals surface area contributed by atoms with Crippen molar-refractivity contribution in [3.8, 4) is 0 Å². The van der Waals surface area contributed by atoms with E-state index in [-0.39, 0.29) is 12.5 Å². The second-order valence-electron chi connectivity index (χ2n) is 9.98. The van der Waals surface area contributed by atoms with Crippen molar-refractivity contribution in [2.24, 2.45) is 0 Å². The second kappa shape index (κ2) is 15.8. The summed E-state index contributed by atoms with van der Waals surface area (Å²) in [6.45, 7) is 2.17. The molecule has 0 radical (unpaired) electrons. The molecule has 0 N–H and O–H groups in total. The zero-order chi connectivity index (χ0) is 28.9. The number of hydrogen-bond donors (Lipinski definition) is 0. The van der Waals surface area contributed by atoms with Gasteiger partial charge in [-0.05, 0) is 32.1 Å². The number of hydrogen-bond acceptors (Lipinski definition) is 2. The van der Waals surface area contributed by atoms with Crippen molar-refractivity contribution < 1.29 is 57.8 Å². The Morgan fingerprint density at radius 1 is 0.553 bits per heavy atom. The molecule has 228 valence electrons. The van der Waals surface area contributed by atoms with Gasteiger partial charge < -0.3 is 9.47 Å². The van der Waals surface area contributed by atoms with E-state index in [0.29, 0.717) is 26.1 Å². The summed E-state index contributed by atoms with van der Waals surface area (Å²) in [5.41, 5.74) is 0. The summed E-state index contributed by atoms with van der Waals surface area (Å²) in [5.74, 6) is -27.2. The molecule has 1 atom stereocenters. The summed E-state index contributed by atoms with van der Waals surface area (Å²) < 4.78 is 154. The number of halogens is 11. The van der Waals surface area contributed by atoms with Gasteiger partial charge in [0, 0.05) is 19.6 Å². The molecule has 0 saturated carbocycles. The SMILES string of the molecule is FC(F)(F)C(F)(F)C(F)(F)C(F)(F)C(F)(F)CCCCCCCCCCCCCCOCC1CCCCO1. The minimum atomic E-state index is -7.31. The maximum absolute atomic E-state index is 13.6. The topological polar surface area (TPSA) is 18.5 Å². The van der Waals surface area contributed by atoms with E-state index in [1.54, 1.807) is 0 Å². The fraction of sp³-hybridized carbons (Fsp3) is 1.00. The van der Waals surface area contributed by atoms with Crippen molar-refractivity contribution in [3.63, 3.8) is 0 Å². The summed E-state index contributed by atoms with van der Waals surface area (Å²) in [6.07, 6.45) is 2.43. The summed E-state index contributed by atoms with van der Waals surface area (Å²) in [4.78, 5) is 0. The Kier molecular flexibility index (Phi) is 14.6. The van der Waals surface area contributed by atoms with Crippen LogP contribution >= 0.6 is 0 Å². The first kappa shape index (κ1) is 35.2. The van der Waals surface area contributed by atoms with Crippen LogP contribution in [0.1, 0.15) is 103 Å². The van der Waals surface area contributed by atoms with Gasteiger partial charge in [-0.25, -0.2) is 0 Å². The van der Waals surface area contributed by atoms with Gasteiger partial charge >= 0.3 is 29.9 Å².